The van der Waals surface area contributed by atoms with Gasteiger partial charge >= 0.3 is 0 Å². The smallest absolute Gasteiger partial charge is 0.160 e. The van der Waals surface area contributed by atoms with E-state index in [9.17, 15) is 0 Å². The van der Waals surface area contributed by atoms with Gasteiger partial charge in [-0.2, -0.15) is 0 Å². The van der Waals surface area contributed by atoms with Gasteiger partial charge in [-0.25, -0.2) is 9.97 Å². The molecule has 3 nitrogen and oxygen atoms in total. The minimum absolute atomic E-state index is 0.742. The van der Waals surface area contributed by atoms with Crippen molar-refractivity contribution in [2.24, 2.45) is 0 Å². The van der Waals surface area contributed by atoms with E-state index in [2.05, 4.69) is 162 Å². The van der Waals surface area contributed by atoms with Crippen LogP contribution in [0.15, 0.2) is 176 Å². The van der Waals surface area contributed by atoms with Crippen LogP contribution in [-0.2, 0) is 0 Å². The minimum atomic E-state index is 0.742. The number of thiophene rings is 1. The maximum atomic E-state index is 5.23. The van der Waals surface area contributed by atoms with E-state index >= 15 is 0 Å². The molecular formula is C46H29N3S. The molecule has 3 heterocycles. The normalized spacial score (nSPS) is 11.6. The molecule has 0 amide bonds. The molecule has 0 saturated heterocycles. The molecule has 0 aliphatic carbocycles. The summed E-state index contributed by atoms with van der Waals surface area (Å²) in [6.07, 6.45) is 0. The van der Waals surface area contributed by atoms with Gasteiger partial charge in [-0.3, -0.25) is 0 Å². The molecule has 0 radical (unpaired) electrons. The van der Waals surface area contributed by atoms with Gasteiger partial charge in [-0.15, -0.1) is 11.3 Å². The highest BCUT2D eigenvalue weighted by atomic mass is 32.1. The van der Waals surface area contributed by atoms with Crippen molar-refractivity contribution in [1.82, 2.24) is 14.5 Å². The van der Waals surface area contributed by atoms with Crippen LogP contribution >= 0.6 is 11.3 Å². The van der Waals surface area contributed by atoms with Crippen molar-refractivity contribution in [2.45, 2.75) is 0 Å². The van der Waals surface area contributed by atoms with Gasteiger partial charge in [0.2, 0.25) is 0 Å². The summed E-state index contributed by atoms with van der Waals surface area (Å²) in [5, 5.41) is 3.63. The summed E-state index contributed by atoms with van der Waals surface area (Å²) < 4.78 is 4.71. The lowest BCUT2D eigenvalue weighted by Gasteiger charge is -2.10. The molecule has 0 atom stereocenters. The van der Waals surface area contributed by atoms with Gasteiger partial charge in [0.05, 0.1) is 26.9 Å². The zero-order chi connectivity index (χ0) is 33.0. The Kier molecular flexibility index (Phi) is 6.68. The molecule has 0 fully saturated rings. The maximum Gasteiger partial charge on any atom is 0.160 e. The maximum absolute atomic E-state index is 5.23. The molecule has 50 heavy (non-hydrogen) atoms. The minimum Gasteiger partial charge on any atom is -0.309 e. The second-order valence-corrected chi connectivity index (χ2v) is 13.7. The SMILES string of the molecule is c1ccc(-c2ccc3c(c2)c2cc(-c4cccc(-c5nc(-c6ccccc6)nc6c5sc5ccccc56)c4)ccc2n3-c2ccccc2)cc1. The van der Waals surface area contributed by atoms with E-state index in [1.807, 2.05) is 18.2 Å². The topological polar surface area (TPSA) is 30.7 Å². The van der Waals surface area contributed by atoms with Crippen LogP contribution in [0.25, 0.3) is 92.7 Å². The van der Waals surface area contributed by atoms with Crippen molar-refractivity contribution < 1.29 is 0 Å². The fraction of sp³-hybridized carbons (Fsp3) is 0. The lowest BCUT2D eigenvalue weighted by molar-refractivity contribution is 1.18. The number of para-hydroxylation sites is 1. The van der Waals surface area contributed by atoms with Gasteiger partial charge in [0.1, 0.15) is 0 Å². The summed E-state index contributed by atoms with van der Waals surface area (Å²) in [6, 6.07) is 62.6. The van der Waals surface area contributed by atoms with Crippen molar-refractivity contribution >= 4 is 53.4 Å². The number of aromatic nitrogens is 3. The lowest BCUT2D eigenvalue weighted by atomic mass is 9.98. The van der Waals surface area contributed by atoms with Gasteiger partial charge in [0.25, 0.3) is 0 Å². The van der Waals surface area contributed by atoms with Gasteiger partial charge in [0.15, 0.2) is 5.82 Å². The standard InChI is InChI=1S/C46H29N3S/c1-4-13-30(14-5-1)33-23-25-40-38(28-33)39-29-34(24-26-41(39)49(40)36-19-8-3-9-20-36)32-17-12-18-35(27-32)43-45-44(37-21-10-11-22-42(37)50-45)48-46(47-43)31-15-6-2-7-16-31/h1-29H. The first-order chi connectivity index (χ1) is 24.8. The van der Waals surface area contributed by atoms with Gasteiger partial charge in [-0.1, -0.05) is 127 Å². The molecule has 0 N–H and O–H groups in total. The summed E-state index contributed by atoms with van der Waals surface area (Å²) in [4.78, 5) is 10.4. The molecule has 4 heteroatoms. The van der Waals surface area contributed by atoms with Crippen molar-refractivity contribution in [1.29, 1.82) is 0 Å². The average Bonchev–Trinajstić information content (AvgIpc) is 3.74. The highest BCUT2D eigenvalue weighted by Crippen LogP contribution is 2.41. The van der Waals surface area contributed by atoms with Crippen LogP contribution in [0.1, 0.15) is 0 Å². The zero-order valence-electron chi connectivity index (χ0n) is 27.0. The zero-order valence-corrected chi connectivity index (χ0v) is 27.8. The Labute approximate surface area is 293 Å². The van der Waals surface area contributed by atoms with Gasteiger partial charge < -0.3 is 4.57 Å². The molecule has 234 valence electrons. The number of nitrogens with zero attached hydrogens (tertiary/aromatic N) is 3. The van der Waals surface area contributed by atoms with E-state index in [-0.39, 0.29) is 0 Å². The van der Waals surface area contributed by atoms with E-state index in [0.717, 1.165) is 44.1 Å². The third-order valence-corrected chi connectivity index (χ3v) is 10.8. The van der Waals surface area contributed by atoms with Crippen LogP contribution in [0.4, 0.5) is 0 Å². The highest BCUT2D eigenvalue weighted by Gasteiger charge is 2.18. The summed E-state index contributed by atoms with van der Waals surface area (Å²) in [5.74, 6) is 0.742. The van der Waals surface area contributed by atoms with Crippen molar-refractivity contribution in [2.75, 3.05) is 0 Å². The molecule has 7 aromatic carbocycles. The largest absolute Gasteiger partial charge is 0.309 e. The van der Waals surface area contributed by atoms with Crippen LogP contribution < -0.4 is 0 Å². The average molecular weight is 656 g/mol. The number of benzene rings is 7. The fourth-order valence-electron chi connectivity index (χ4n) is 7.22. The second-order valence-electron chi connectivity index (χ2n) is 12.6. The Bertz CT molecular complexity index is 2850. The first-order valence-corrected chi connectivity index (χ1v) is 17.6. The number of hydrogen-bond acceptors (Lipinski definition) is 3. The van der Waals surface area contributed by atoms with E-state index < -0.39 is 0 Å². The Morgan fingerprint density at radius 3 is 1.68 bits per heavy atom. The van der Waals surface area contributed by atoms with Crippen LogP contribution in [-0.4, -0.2) is 14.5 Å². The Balaban J connectivity index is 1.17. The molecule has 10 rings (SSSR count). The van der Waals surface area contributed by atoms with E-state index in [1.54, 1.807) is 11.3 Å². The first kappa shape index (κ1) is 28.6. The van der Waals surface area contributed by atoms with Crippen LogP contribution in [0, 0.1) is 0 Å². The third kappa shape index (κ3) is 4.73. The van der Waals surface area contributed by atoms with Crippen molar-refractivity contribution in [3.8, 4) is 50.6 Å². The molecule has 0 unspecified atom stereocenters. The summed E-state index contributed by atoms with van der Waals surface area (Å²) >= 11 is 1.76. The van der Waals surface area contributed by atoms with E-state index in [1.165, 1.54) is 48.6 Å². The van der Waals surface area contributed by atoms with Crippen molar-refractivity contribution in [3.05, 3.63) is 176 Å². The van der Waals surface area contributed by atoms with Crippen LogP contribution in [0.5, 0.6) is 0 Å². The number of hydrogen-bond donors (Lipinski definition) is 0. The Morgan fingerprint density at radius 2 is 0.960 bits per heavy atom. The monoisotopic (exact) mass is 655 g/mol. The third-order valence-electron chi connectivity index (χ3n) is 9.61. The quantitative estimate of drug-likeness (QED) is 0.185. The summed E-state index contributed by atoms with van der Waals surface area (Å²) in [6.45, 7) is 0. The molecule has 0 aliphatic heterocycles. The second kappa shape index (κ2) is 11.7. The fourth-order valence-corrected chi connectivity index (χ4v) is 8.37. The van der Waals surface area contributed by atoms with Crippen LogP contribution in [0.3, 0.4) is 0 Å². The first-order valence-electron chi connectivity index (χ1n) is 16.8. The molecule has 0 bridgehead atoms. The van der Waals surface area contributed by atoms with E-state index in [0.29, 0.717) is 0 Å². The highest BCUT2D eigenvalue weighted by molar-refractivity contribution is 7.26. The number of rotatable bonds is 5. The molecule has 0 aliphatic rings. The molecule has 10 aromatic rings. The Hall–Kier alpha value is -6.36. The summed E-state index contributed by atoms with van der Waals surface area (Å²) in [7, 11) is 0. The lowest BCUT2D eigenvalue weighted by Crippen LogP contribution is -1.94. The van der Waals surface area contributed by atoms with Crippen molar-refractivity contribution in [3.63, 3.8) is 0 Å². The predicted molar refractivity (Wildman–Crippen MR) is 211 cm³/mol. The van der Waals surface area contributed by atoms with Gasteiger partial charge in [-0.05, 0) is 70.8 Å². The number of fused-ring (bicyclic) bond motifs is 6. The van der Waals surface area contributed by atoms with Crippen LogP contribution in [0.2, 0.25) is 0 Å². The molecule has 3 aromatic heterocycles. The van der Waals surface area contributed by atoms with E-state index in [4.69, 9.17) is 9.97 Å². The molecular weight excluding hydrogens is 627 g/mol. The summed E-state index contributed by atoms with van der Waals surface area (Å²) in [5.41, 5.74) is 12.3. The Morgan fingerprint density at radius 1 is 0.400 bits per heavy atom. The molecule has 0 spiro atoms. The molecule has 0 saturated carbocycles. The van der Waals surface area contributed by atoms with Gasteiger partial charge in [0, 0.05) is 37.7 Å². The predicted octanol–water partition coefficient (Wildman–Crippen LogP) is 12.6.